The summed E-state index contributed by atoms with van der Waals surface area (Å²) in [6, 6.07) is 12.8. The highest BCUT2D eigenvalue weighted by Gasteiger charge is 2.30. The van der Waals surface area contributed by atoms with E-state index in [1.807, 2.05) is 6.92 Å². The number of aromatic nitrogens is 1. The molecule has 0 unspecified atom stereocenters. The van der Waals surface area contributed by atoms with Gasteiger partial charge in [0.25, 0.3) is 0 Å². The fourth-order valence-electron chi connectivity index (χ4n) is 2.73. The molecule has 2 aromatic carbocycles. The third-order valence-electron chi connectivity index (χ3n) is 4.28. The van der Waals surface area contributed by atoms with E-state index in [0.717, 1.165) is 17.7 Å². The molecule has 0 fully saturated rings. The summed E-state index contributed by atoms with van der Waals surface area (Å²) in [5.74, 6) is 0.498. The molecule has 1 N–H and O–H groups in total. The monoisotopic (exact) mass is 434 g/mol. The molecule has 4 nitrogen and oxygen atoms in total. The molecule has 8 heteroatoms. The zero-order chi connectivity index (χ0) is 21.7. The molecular formula is C22H18ClF3N2O2. The van der Waals surface area contributed by atoms with E-state index in [1.165, 1.54) is 12.1 Å². The molecule has 156 valence electrons. The molecule has 1 aromatic heterocycles. The van der Waals surface area contributed by atoms with Gasteiger partial charge in [0.2, 0.25) is 5.91 Å². The number of rotatable bonds is 6. The number of hydrogen-bond donors (Lipinski definition) is 1. The van der Waals surface area contributed by atoms with Gasteiger partial charge in [0.15, 0.2) is 0 Å². The summed E-state index contributed by atoms with van der Waals surface area (Å²) in [6.45, 7) is 1.92. The third kappa shape index (κ3) is 5.51. The lowest BCUT2D eigenvalue weighted by molar-refractivity contribution is -0.137. The van der Waals surface area contributed by atoms with E-state index < -0.39 is 11.7 Å². The summed E-state index contributed by atoms with van der Waals surface area (Å²) in [5, 5.41) is 3.20. The molecule has 0 spiro atoms. The summed E-state index contributed by atoms with van der Waals surface area (Å²) < 4.78 is 43.4. The predicted molar refractivity (Wildman–Crippen MR) is 109 cm³/mol. The maximum absolute atomic E-state index is 12.6. The first-order chi connectivity index (χ1) is 14.3. The van der Waals surface area contributed by atoms with Crippen molar-refractivity contribution in [1.82, 2.24) is 4.98 Å². The minimum atomic E-state index is -4.39. The van der Waals surface area contributed by atoms with E-state index in [9.17, 15) is 18.0 Å². The first-order valence-electron chi connectivity index (χ1n) is 9.13. The van der Waals surface area contributed by atoms with Gasteiger partial charge in [-0.05, 0) is 54.4 Å². The Kier molecular flexibility index (Phi) is 6.62. The number of ether oxygens (including phenoxy) is 1. The molecule has 0 saturated carbocycles. The Morgan fingerprint density at radius 3 is 2.20 bits per heavy atom. The van der Waals surface area contributed by atoms with Gasteiger partial charge in [-0.1, -0.05) is 30.7 Å². The number of nitrogens with zero attached hydrogens (tertiary/aromatic N) is 1. The Morgan fingerprint density at radius 2 is 1.63 bits per heavy atom. The molecule has 30 heavy (non-hydrogen) atoms. The van der Waals surface area contributed by atoms with Crippen molar-refractivity contribution in [3.8, 4) is 11.5 Å². The van der Waals surface area contributed by atoms with Gasteiger partial charge in [0.05, 0.1) is 28.4 Å². The van der Waals surface area contributed by atoms with E-state index in [4.69, 9.17) is 16.3 Å². The number of carbonyl (C=O) groups is 1. The molecule has 0 radical (unpaired) electrons. The Labute approximate surface area is 176 Å². The number of carbonyl (C=O) groups excluding carboxylic acids is 1. The summed E-state index contributed by atoms with van der Waals surface area (Å²) in [5.41, 5.74) is 1.22. The number of benzene rings is 2. The molecule has 0 saturated heterocycles. The molecule has 0 atom stereocenters. The highest BCUT2D eigenvalue weighted by atomic mass is 35.5. The van der Waals surface area contributed by atoms with E-state index in [2.05, 4.69) is 10.3 Å². The molecule has 0 aliphatic heterocycles. The summed E-state index contributed by atoms with van der Waals surface area (Å²) in [6.07, 6.45) is -2.02. The maximum Gasteiger partial charge on any atom is 0.416 e. The average Bonchev–Trinajstić information content (AvgIpc) is 2.71. The molecule has 3 aromatic rings. The van der Waals surface area contributed by atoms with Crippen LogP contribution >= 0.6 is 11.6 Å². The van der Waals surface area contributed by atoms with Gasteiger partial charge in [0, 0.05) is 6.20 Å². The first-order valence-corrected chi connectivity index (χ1v) is 9.51. The Morgan fingerprint density at radius 1 is 1.03 bits per heavy atom. The number of pyridine rings is 1. The van der Waals surface area contributed by atoms with Gasteiger partial charge in [-0.25, -0.2) is 0 Å². The van der Waals surface area contributed by atoms with Gasteiger partial charge < -0.3 is 10.1 Å². The van der Waals surface area contributed by atoms with E-state index in [0.29, 0.717) is 28.6 Å². The summed E-state index contributed by atoms with van der Waals surface area (Å²) >= 11 is 6.23. The van der Waals surface area contributed by atoms with Crippen molar-refractivity contribution in [3.63, 3.8) is 0 Å². The topological polar surface area (TPSA) is 51.2 Å². The van der Waals surface area contributed by atoms with Crippen LogP contribution in [0.3, 0.4) is 0 Å². The zero-order valence-corrected chi connectivity index (χ0v) is 16.7. The van der Waals surface area contributed by atoms with Crippen molar-refractivity contribution in [2.75, 3.05) is 5.32 Å². The van der Waals surface area contributed by atoms with Crippen molar-refractivity contribution in [1.29, 1.82) is 0 Å². The smallest absolute Gasteiger partial charge is 0.416 e. The van der Waals surface area contributed by atoms with Gasteiger partial charge >= 0.3 is 6.18 Å². The van der Waals surface area contributed by atoms with E-state index in [1.54, 1.807) is 36.5 Å². The van der Waals surface area contributed by atoms with Crippen molar-refractivity contribution in [2.24, 2.45) is 0 Å². The third-order valence-corrected chi connectivity index (χ3v) is 4.70. The van der Waals surface area contributed by atoms with Crippen molar-refractivity contribution in [2.45, 2.75) is 25.9 Å². The molecule has 0 bridgehead atoms. The highest BCUT2D eigenvalue weighted by Crippen LogP contribution is 2.31. The number of halogens is 4. The summed E-state index contributed by atoms with van der Waals surface area (Å²) in [7, 11) is 0. The van der Waals surface area contributed by atoms with Crippen LogP contribution in [0.15, 0.2) is 60.8 Å². The van der Waals surface area contributed by atoms with Crippen LogP contribution in [-0.4, -0.2) is 10.9 Å². The van der Waals surface area contributed by atoms with Crippen LogP contribution in [0.4, 0.5) is 18.9 Å². The number of amides is 1. The van der Waals surface area contributed by atoms with Gasteiger partial charge in [-0.2, -0.15) is 13.2 Å². The van der Waals surface area contributed by atoms with E-state index >= 15 is 0 Å². The normalized spacial score (nSPS) is 11.2. The minimum absolute atomic E-state index is 0.126. The quantitative estimate of drug-likeness (QED) is 0.496. The van der Waals surface area contributed by atoms with Crippen molar-refractivity contribution >= 4 is 23.2 Å². The second-order valence-electron chi connectivity index (χ2n) is 6.47. The molecule has 0 aliphatic carbocycles. The number of aryl methyl sites for hydroxylation is 1. The van der Waals surface area contributed by atoms with Gasteiger partial charge in [-0.15, -0.1) is 0 Å². The molecule has 0 aliphatic rings. The van der Waals surface area contributed by atoms with Crippen molar-refractivity contribution in [3.05, 3.63) is 82.6 Å². The second kappa shape index (κ2) is 9.17. The standard InChI is InChI=1S/C22H18ClF3N2O2/c1-2-18-21(23)19(11-12-27-18)28-20(29)13-14-3-7-16(8-4-14)30-17-9-5-15(6-10-17)22(24,25)26/h3-12H,2,13H2,1H3,(H,27,28,29). The second-order valence-corrected chi connectivity index (χ2v) is 6.84. The largest absolute Gasteiger partial charge is 0.457 e. The lowest BCUT2D eigenvalue weighted by Crippen LogP contribution is -2.15. The fourth-order valence-corrected chi connectivity index (χ4v) is 3.03. The van der Waals surface area contributed by atoms with Gasteiger partial charge in [0.1, 0.15) is 11.5 Å². The van der Waals surface area contributed by atoms with E-state index in [-0.39, 0.29) is 18.1 Å². The Balaban J connectivity index is 1.60. The molecule has 1 amide bonds. The number of hydrogen-bond acceptors (Lipinski definition) is 3. The van der Waals surface area contributed by atoms with Crippen LogP contribution in [0, 0.1) is 0 Å². The average molecular weight is 435 g/mol. The van der Waals surface area contributed by atoms with Crippen LogP contribution < -0.4 is 10.1 Å². The summed E-state index contributed by atoms with van der Waals surface area (Å²) in [4.78, 5) is 16.5. The predicted octanol–water partition coefficient (Wildman–Crippen LogP) is 6.29. The Bertz CT molecular complexity index is 1020. The Hall–Kier alpha value is -3.06. The lowest BCUT2D eigenvalue weighted by Gasteiger charge is -2.10. The van der Waals surface area contributed by atoms with Gasteiger partial charge in [-0.3, -0.25) is 9.78 Å². The zero-order valence-electron chi connectivity index (χ0n) is 16.0. The van der Waals surface area contributed by atoms with Crippen molar-refractivity contribution < 1.29 is 22.7 Å². The first kappa shape index (κ1) is 21.6. The minimum Gasteiger partial charge on any atom is -0.457 e. The SMILES string of the molecule is CCc1nccc(NC(=O)Cc2ccc(Oc3ccc(C(F)(F)F)cc3)cc2)c1Cl. The highest BCUT2D eigenvalue weighted by molar-refractivity contribution is 6.34. The molecular weight excluding hydrogens is 417 g/mol. The van der Waals surface area contributed by atoms with Crippen LogP contribution in [-0.2, 0) is 23.8 Å². The fraction of sp³-hybridized carbons (Fsp3) is 0.182. The number of nitrogens with one attached hydrogen (secondary N) is 1. The maximum atomic E-state index is 12.6. The lowest BCUT2D eigenvalue weighted by atomic mass is 10.1. The molecule has 1 heterocycles. The van der Waals surface area contributed by atoms with Crippen LogP contribution in [0.2, 0.25) is 5.02 Å². The number of anilines is 1. The number of alkyl halides is 3. The molecule has 3 rings (SSSR count). The van der Waals surface area contributed by atoms with Crippen LogP contribution in [0.25, 0.3) is 0 Å². The van der Waals surface area contributed by atoms with Crippen LogP contribution in [0.5, 0.6) is 11.5 Å². The van der Waals surface area contributed by atoms with Crippen LogP contribution in [0.1, 0.15) is 23.7 Å².